The minimum atomic E-state index is -3.62. The highest BCUT2D eigenvalue weighted by molar-refractivity contribution is 9.10. The number of halogens is 1. The van der Waals surface area contributed by atoms with E-state index in [9.17, 15) is 18.3 Å². The van der Waals surface area contributed by atoms with Gasteiger partial charge in [-0.05, 0) is 53.4 Å². The van der Waals surface area contributed by atoms with Crippen molar-refractivity contribution in [3.8, 4) is 0 Å². The minimum absolute atomic E-state index is 0.00286. The highest BCUT2D eigenvalue weighted by atomic mass is 79.9. The van der Waals surface area contributed by atoms with Gasteiger partial charge in [-0.3, -0.25) is 0 Å². The standard InChI is InChI=1S/C13H16BrNO4S/c1-9-11(6-5-10(14)12(9)13(16)17)20(18,19)15-7-3-2-4-8-15/h5-6H,2-4,7-8H2,1H3,(H,16,17). The SMILES string of the molecule is Cc1c(S(=O)(=O)N2CCCCC2)ccc(Br)c1C(=O)O. The second-order valence-electron chi connectivity index (χ2n) is 4.82. The molecule has 1 N–H and O–H groups in total. The van der Waals surface area contributed by atoms with Gasteiger partial charge >= 0.3 is 5.97 Å². The van der Waals surface area contributed by atoms with Crippen molar-refractivity contribution in [2.24, 2.45) is 0 Å². The van der Waals surface area contributed by atoms with Crippen molar-refractivity contribution in [1.82, 2.24) is 4.31 Å². The van der Waals surface area contributed by atoms with Crippen LogP contribution in [-0.2, 0) is 10.0 Å². The number of carbonyl (C=O) groups is 1. The van der Waals surface area contributed by atoms with Crippen LogP contribution >= 0.6 is 15.9 Å². The summed E-state index contributed by atoms with van der Waals surface area (Å²) in [6.45, 7) is 2.53. The largest absolute Gasteiger partial charge is 0.478 e. The van der Waals surface area contributed by atoms with Gasteiger partial charge in [-0.2, -0.15) is 4.31 Å². The van der Waals surface area contributed by atoms with Crippen LogP contribution in [-0.4, -0.2) is 36.9 Å². The van der Waals surface area contributed by atoms with Gasteiger partial charge in [0.1, 0.15) is 0 Å². The molecule has 1 fully saturated rings. The summed E-state index contributed by atoms with van der Waals surface area (Å²) >= 11 is 3.16. The minimum Gasteiger partial charge on any atom is -0.478 e. The van der Waals surface area contributed by atoms with Crippen LogP contribution in [0.5, 0.6) is 0 Å². The molecule has 0 atom stereocenters. The Bertz CT molecular complexity index is 636. The van der Waals surface area contributed by atoms with E-state index in [4.69, 9.17) is 0 Å². The van der Waals surface area contributed by atoms with Gasteiger partial charge in [0.2, 0.25) is 10.0 Å². The lowest BCUT2D eigenvalue weighted by Gasteiger charge is -2.26. The van der Waals surface area contributed by atoms with E-state index in [2.05, 4.69) is 15.9 Å². The Kier molecular flexibility index (Phi) is 4.51. The number of nitrogens with zero attached hydrogens (tertiary/aromatic N) is 1. The molecule has 0 unspecified atom stereocenters. The van der Waals surface area contributed by atoms with Crippen molar-refractivity contribution in [1.29, 1.82) is 0 Å². The summed E-state index contributed by atoms with van der Waals surface area (Å²) in [5, 5.41) is 9.21. The Hall–Kier alpha value is -0.920. The molecule has 0 aromatic heterocycles. The molecule has 110 valence electrons. The fourth-order valence-electron chi connectivity index (χ4n) is 2.45. The lowest BCUT2D eigenvalue weighted by atomic mass is 10.1. The Morgan fingerprint density at radius 1 is 1.25 bits per heavy atom. The molecule has 0 saturated carbocycles. The van der Waals surface area contributed by atoms with E-state index >= 15 is 0 Å². The van der Waals surface area contributed by atoms with Gasteiger partial charge in [-0.15, -0.1) is 0 Å². The van der Waals surface area contributed by atoms with Crippen LogP contribution in [0.25, 0.3) is 0 Å². The maximum Gasteiger partial charge on any atom is 0.337 e. The number of benzene rings is 1. The predicted molar refractivity (Wildman–Crippen MR) is 78.4 cm³/mol. The smallest absolute Gasteiger partial charge is 0.337 e. The van der Waals surface area contributed by atoms with Crippen LogP contribution in [0, 0.1) is 6.92 Å². The van der Waals surface area contributed by atoms with Crippen LogP contribution < -0.4 is 0 Å². The number of hydrogen-bond acceptors (Lipinski definition) is 3. The zero-order chi connectivity index (χ0) is 14.9. The van der Waals surface area contributed by atoms with E-state index in [-0.39, 0.29) is 16.0 Å². The average Bonchev–Trinajstić information content (AvgIpc) is 2.39. The van der Waals surface area contributed by atoms with E-state index in [0.29, 0.717) is 17.6 Å². The molecule has 1 saturated heterocycles. The fraction of sp³-hybridized carbons (Fsp3) is 0.462. The van der Waals surface area contributed by atoms with Crippen LogP contribution in [0.3, 0.4) is 0 Å². The van der Waals surface area contributed by atoms with Crippen molar-refractivity contribution >= 4 is 31.9 Å². The molecule has 0 aliphatic carbocycles. The number of carboxylic acids is 1. The van der Waals surface area contributed by atoms with E-state index in [1.54, 1.807) is 0 Å². The first-order valence-corrected chi connectivity index (χ1v) is 8.61. The Morgan fingerprint density at radius 2 is 1.85 bits per heavy atom. The van der Waals surface area contributed by atoms with Crippen molar-refractivity contribution in [3.05, 3.63) is 27.7 Å². The summed E-state index contributed by atoms with van der Waals surface area (Å²) < 4.78 is 27.1. The van der Waals surface area contributed by atoms with E-state index in [0.717, 1.165) is 19.3 Å². The molecule has 0 amide bonds. The van der Waals surface area contributed by atoms with Crippen LogP contribution in [0.4, 0.5) is 0 Å². The first-order chi connectivity index (χ1) is 9.35. The molecular weight excluding hydrogens is 346 g/mol. The van der Waals surface area contributed by atoms with Crippen molar-refractivity contribution < 1.29 is 18.3 Å². The summed E-state index contributed by atoms with van der Waals surface area (Å²) in [4.78, 5) is 11.3. The highest BCUT2D eigenvalue weighted by Gasteiger charge is 2.29. The number of carboxylic acid groups (broad SMARTS) is 1. The number of hydrogen-bond donors (Lipinski definition) is 1. The molecular formula is C13H16BrNO4S. The zero-order valence-electron chi connectivity index (χ0n) is 11.1. The molecule has 1 aliphatic rings. The van der Waals surface area contributed by atoms with Gasteiger partial charge in [0.15, 0.2) is 0 Å². The van der Waals surface area contributed by atoms with Gasteiger partial charge in [0, 0.05) is 17.6 Å². The van der Waals surface area contributed by atoms with Crippen LogP contribution in [0.2, 0.25) is 0 Å². The second kappa shape index (κ2) is 5.83. The quantitative estimate of drug-likeness (QED) is 0.897. The lowest BCUT2D eigenvalue weighted by Crippen LogP contribution is -2.36. The van der Waals surface area contributed by atoms with E-state index in [1.807, 2.05) is 0 Å². The third-order valence-corrected chi connectivity index (χ3v) is 6.22. The van der Waals surface area contributed by atoms with Gasteiger partial charge < -0.3 is 5.11 Å². The third kappa shape index (κ3) is 2.75. The van der Waals surface area contributed by atoms with Gasteiger partial charge in [-0.25, -0.2) is 13.2 Å². The normalized spacial score (nSPS) is 17.1. The van der Waals surface area contributed by atoms with Crippen molar-refractivity contribution in [2.45, 2.75) is 31.1 Å². The maximum atomic E-state index is 12.6. The topological polar surface area (TPSA) is 74.7 Å². The lowest BCUT2D eigenvalue weighted by molar-refractivity contribution is 0.0695. The number of sulfonamides is 1. The average molecular weight is 362 g/mol. The molecule has 7 heteroatoms. The number of rotatable bonds is 3. The molecule has 0 radical (unpaired) electrons. The molecule has 1 aromatic carbocycles. The molecule has 2 rings (SSSR count). The summed E-state index contributed by atoms with van der Waals surface area (Å²) in [7, 11) is -3.62. The third-order valence-electron chi connectivity index (χ3n) is 3.51. The van der Waals surface area contributed by atoms with Crippen LogP contribution in [0.1, 0.15) is 35.2 Å². The highest BCUT2D eigenvalue weighted by Crippen LogP contribution is 2.29. The van der Waals surface area contributed by atoms with Crippen LogP contribution in [0.15, 0.2) is 21.5 Å². The van der Waals surface area contributed by atoms with Gasteiger partial charge in [-0.1, -0.05) is 6.42 Å². The summed E-state index contributed by atoms with van der Waals surface area (Å²) in [6.07, 6.45) is 2.73. The first-order valence-electron chi connectivity index (χ1n) is 6.38. The van der Waals surface area contributed by atoms with E-state index in [1.165, 1.54) is 23.4 Å². The molecule has 0 spiro atoms. The zero-order valence-corrected chi connectivity index (χ0v) is 13.5. The number of piperidine rings is 1. The second-order valence-corrected chi connectivity index (χ2v) is 7.58. The first kappa shape index (κ1) is 15.5. The number of aromatic carboxylic acids is 1. The van der Waals surface area contributed by atoms with E-state index < -0.39 is 16.0 Å². The molecule has 0 bridgehead atoms. The van der Waals surface area contributed by atoms with Crippen molar-refractivity contribution in [2.75, 3.05) is 13.1 Å². The molecule has 1 heterocycles. The monoisotopic (exact) mass is 361 g/mol. The Morgan fingerprint density at radius 3 is 2.40 bits per heavy atom. The Balaban J connectivity index is 2.52. The molecule has 20 heavy (non-hydrogen) atoms. The van der Waals surface area contributed by atoms with Crippen molar-refractivity contribution in [3.63, 3.8) is 0 Å². The Labute approximate surface area is 126 Å². The fourth-order valence-corrected chi connectivity index (χ4v) is 4.79. The summed E-state index contributed by atoms with van der Waals surface area (Å²) in [6, 6.07) is 2.95. The molecule has 1 aliphatic heterocycles. The molecule has 1 aromatic rings. The maximum absolute atomic E-state index is 12.6. The van der Waals surface area contributed by atoms with Gasteiger partial charge in [0.25, 0.3) is 0 Å². The van der Waals surface area contributed by atoms with Gasteiger partial charge in [0.05, 0.1) is 10.5 Å². The predicted octanol–water partition coefficient (Wildman–Crippen LogP) is 2.63. The summed E-state index contributed by atoms with van der Waals surface area (Å²) in [5.74, 6) is -1.13. The summed E-state index contributed by atoms with van der Waals surface area (Å²) in [5.41, 5.74) is 0.278. The molecule has 5 nitrogen and oxygen atoms in total.